The lowest BCUT2D eigenvalue weighted by atomic mass is 10.0. The van der Waals surface area contributed by atoms with E-state index in [2.05, 4.69) is 31.0 Å². The summed E-state index contributed by atoms with van der Waals surface area (Å²) < 4.78 is 0. The zero-order chi connectivity index (χ0) is 11.8. The molecule has 2 nitrogen and oxygen atoms in total. The van der Waals surface area contributed by atoms with Gasteiger partial charge in [0, 0.05) is 13.1 Å². The predicted octanol–water partition coefficient (Wildman–Crippen LogP) is 2.74. The average molecular weight is 226 g/mol. The van der Waals surface area contributed by atoms with Crippen molar-refractivity contribution in [1.82, 2.24) is 10.2 Å². The van der Waals surface area contributed by atoms with Crippen molar-refractivity contribution in [2.24, 2.45) is 11.8 Å². The van der Waals surface area contributed by atoms with Crippen molar-refractivity contribution < 1.29 is 0 Å². The molecule has 0 saturated carbocycles. The SMILES string of the molecule is CCCCCCN1CC(C)CNCC(C)C1. The van der Waals surface area contributed by atoms with Crippen LogP contribution in [-0.4, -0.2) is 37.6 Å². The molecule has 2 unspecified atom stereocenters. The molecule has 2 atom stereocenters. The summed E-state index contributed by atoms with van der Waals surface area (Å²) in [4.78, 5) is 2.69. The van der Waals surface area contributed by atoms with Gasteiger partial charge in [0.15, 0.2) is 0 Å². The Hall–Kier alpha value is -0.0800. The summed E-state index contributed by atoms with van der Waals surface area (Å²) in [5.41, 5.74) is 0. The van der Waals surface area contributed by atoms with Gasteiger partial charge in [-0.05, 0) is 37.9 Å². The smallest absolute Gasteiger partial charge is 0.00193 e. The topological polar surface area (TPSA) is 15.3 Å². The first kappa shape index (κ1) is 14.0. The summed E-state index contributed by atoms with van der Waals surface area (Å²) in [5.74, 6) is 1.61. The van der Waals surface area contributed by atoms with Crippen LogP contribution in [0.1, 0.15) is 46.5 Å². The molecule has 1 aliphatic heterocycles. The van der Waals surface area contributed by atoms with Gasteiger partial charge < -0.3 is 10.2 Å². The van der Waals surface area contributed by atoms with Gasteiger partial charge in [-0.25, -0.2) is 0 Å². The molecule has 16 heavy (non-hydrogen) atoms. The summed E-state index contributed by atoms with van der Waals surface area (Å²) >= 11 is 0. The Morgan fingerprint density at radius 3 is 2.19 bits per heavy atom. The molecule has 0 aromatic rings. The number of hydrogen-bond acceptors (Lipinski definition) is 2. The van der Waals surface area contributed by atoms with Crippen molar-refractivity contribution in [2.45, 2.75) is 46.5 Å². The predicted molar refractivity (Wildman–Crippen MR) is 71.8 cm³/mol. The Labute approximate surface area is 102 Å². The van der Waals surface area contributed by atoms with E-state index in [1.807, 2.05) is 0 Å². The van der Waals surface area contributed by atoms with Crippen molar-refractivity contribution in [3.05, 3.63) is 0 Å². The third-order valence-corrected chi connectivity index (χ3v) is 3.45. The number of hydrogen-bond donors (Lipinski definition) is 1. The Balaban J connectivity index is 2.24. The van der Waals surface area contributed by atoms with Gasteiger partial charge in [0.25, 0.3) is 0 Å². The van der Waals surface area contributed by atoms with Crippen molar-refractivity contribution in [1.29, 1.82) is 0 Å². The molecule has 96 valence electrons. The zero-order valence-electron chi connectivity index (χ0n) is 11.5. The molecule has 2 heteroatoms. The second-order valence-electron chi connectivity index (χ2n) is 5.69. The maximum absolute atomic E-state index is 3.56. The normalized spacial score (nSPS) is 28.7. The molecule has 0 aromatic heterocycles. The highest BCUT2D eigenvalue weighted by atomic mass is 15.1. The number of rotatable bonds is 5. The third-order valence-electron chi connectivity index (χ3n) is 3.45. The summed E-state index contributed by atoms with van der Waals surface area (Å²) in [5, 5.41) is 3.56. The van der Waals surface area contributed by atoms with Gasteiger partial charge in [-0.2, -0.15) is 0 Å². The number of nitrogens with one attached hydrogen (secondary N) is 1. The second-order valence-corrected chi connectivity index (χ2v) is 5.69. The van der Waals surface area contributed by atoms with Gasteiger partial charge in [0.05, 0.1) is 0 Å². The second kappa shape index (κ2) is 8.08. The standard InChI is InChI=1S/C14H30N2/c1-4-5-6-7-8-16-11-13(2)9-15-10-14(3)12-16/h13-15H,4-12H2,1-3H3. The number of unbranched alkanes of at least 4 members (excludes halogenated alkanes) is 3. The molecular formula is C14H30N2. The van der Waals surface area contributed by atoms with Crippen LogP contribution in [0.15, 0.2) is 0 Å². The quantitative estimate of drug-likeness (QED) is 0.725. The van der Waals surface area contributed by atoms with E-state index in [1.165, 1.54) is 58.4 Å². The maximum atomic E-state index is 3.56. The third kappa shape index (κ3) is 5.86. The maximum Gasteiger partial charge on any atom is 0.00193 e. The molecular weight excluding hydrogens is 196 g/mol. The fraction of sp³-hybridized carbons (Fsp3) is 1.00. The van der Waals surface area contributed by atoms with E-state index in [0.29, 0.717) is 0 Å². The highest BCUT2D eigenvalue weighted by Gasteiger charge is 2.16. The van der Waals surface area contributed by atoms with Crippen LogP contribution in [-0.2, 0) is 0 Å². The first-order valence-corrected chi connectivity index (χ1v) is 7.15. The van der Waals surface area contributed by atoms with E-state index < -0.39 is 0 Å². The van der Waals surface area contributed by atoms with Crippen LogP contribution >= 0.6 is 0 Å². The first-order valence-electron chi connectivity index (χ1n) is 7.15. The van der Waals surface area contributed by atoms with Crippen LogP contribution in [0.2, 0.25) is 0 Å². The average Bonchev–Trinajstić information content (AvgIpc) is 2.22. The summed E-state index contributed by atoms with van der Waals surface area (Å²) in [6.07, 6.45) is 5.55. The van der Waals surface area contributed by atoms with Crippen molar-refractivity contribution in [3.8, 4) is 0 Å². The molecule has 0 aliphatic carbocycles. The molecule has 0 spiro atoms. The molecule has 1 rings (SSSR count). The molecule has 1 fully saturated rings. The van der Waals surface area contributed by atoms with E-state index in [4.69, 9.17) is 0 Å². The van der Waals surface area contributed by atoms with Crippen LogP contribution in [0.3, 0.4) is 0 Å². The van der Waals surface area contributed by atoms with Crippen molar-refractivity contribution >= 4 is 0 Å². The van der Waals surface area contributed by atoms with Gasteiger partial charge in [0.1, 0.15) is 0 Å². The molecule has 1 N–H and O–H groups in total. The van der Waals surface area contributed by atoms with E-state index in [0.717, 1.165) is 11.8 Å². The summed E-state index contributed by atoms with van der Waals surface area (Å²) in [6, 6.07) is 0. The highest BCUT2D eigenvalue weighted by molar-refractivity contribution is 4.72. The largest absolute Gasteiger partial charge is 0.316 e. The lowest BCUT2D eigenvalue weighted by molar-refractivity contribution is 0.182. The fourth-order valence-corrected chi connectivity index (χ4v) is 2.61. The van der Waals surface area contributed by atoms with Crippen molar-refractivity contribution in [3.63, 3.8) is 0 Å². The van der Waals surface area contributed by atoms with Gasteiger partial charge >= 0.3 is 0 Å². The van der Waals surface area contributed by atoms with Crippen LogP contribution in [0.5, 0.6) is 0 Å². The lowest BCUT2D eigenvalue weighted by Crippen LogP contribution is -2.42. The molecule has 1 heterocycles. The van der Waals surface area contributed by atoms with E-state index in [1.54, 1.807) is 0 Å². The molecule has 0 amide bonds. The van der Waals surface area contributed by atoms with Crippen molar-refractivity contribution in [2.75, 3.05) is 32.7 Å². The fourth-order valence-electron chi connectivity index (χ4n) is 2.61. The molecule has 1 aliphatic rings. The molecule has 0 radical (unpaired) electrons. The Morgan fingerprint density at radius 2 is 1.62 bits per heavy atom. The minimum absolute atomic E-state index is 0.804. The highest BCUT2D eigenvalue weighted by Crippen LogP contribution is 2.09. The first-order chi connectivity index (χ1) is 7.72. The Morgan fingerprint density at radius 1 is 1.00 bits per heavy atom. The van der Waals surface area contributed by atoms with Gasteiger partial charge in [-0.3, -0.25) is 0 Å². The van der Waals surface area contributed by atoms with Gasteiger partial charge in [-0.15, -0.1) is 0 Å². The Bertz CT molecular complexity index is 158. The summed E-state index contributed by atoms with van der Waals surface area (Å²) in [6.45, 7) is 13.3. The van der Waals surface area contributed by atoms with Crippen LogP contribution < -0.4 is 5.32 Å². The molecule has 0 aromatic carbocycles. The number of nitrogens with zero attached hydrogens (tertiary/aromatic N) is 1. The minimum Gasteiger partial charge on any atom is -0.316 e. The molecule has 1 saturated heterocycles. The van der Waals surface area contributed by atoms with Crippen LogP contribution in [0.25, 0.3) is 0 Å². The monoisotopic (exact) mass is 226 g/mol. The van der Waals surface area contributed by atoms with Gasteiger partial charge in [0.2, 0.25) is 0 Å². The zero-order valence-corrected chi connectivity index (χ0v) is 11.5. The van der Waals surface area contributed by atoms with E-state index in [9.17, 15) is 0 Å². The van der Waals surface area contributed by atoms with Crippen LogP contribution in [0, 0.1) is 11.8 Å². The summed E-state index contributed by atoms with van der Waals surface area (Å²) in [7, 11) is 0. The van der Waals surface area contributed by atoms with E-state index >= 15 is 0 Å². The Kier molecular flexibility index (Phi) is 7.06. The van der Waals surface area contributed by atoms with E-state index in [-0.39, 0.29) is 0 Å². The molecule has 0 bridgehead atoms. The minimum atomic E-state index is 0.804. The van der Waals surface area contributed by atoms with Crippen LogP contribution in [0.4, 0.5) is 0 Å². The van der Waals surface area contributed by atoms with Gasteiger partial charge in [-0.1, -0.05) is 40.0 Å². The lowest BCUT2D eigenvalue weighted by Gasteiger charge is -2.31.